The Balaban J connectivity index is 1.92. The van der Waals surface area contributed by atoms with E-state index in [1.54, 1.807) is 19.1 Å². The van der Waals surface area contributed by atoms with Gasteiger partial charge in [0, 0.05) is 18.5 Å². The maximum atomic E-state index is 13.6. The van der Waals surface area contributed by atoms with Crippen LogP contribution in [0, 0.1) is 0 Å². The zero-order valence-electron chi connectivity index (χ0n) is 20.5. The molecule has 8 heteroatoms. The van der Waals surface area contributed by atoms with Gasteiger partial charge in [0.2, 0.25) is 21.8 Å². The van der Waals surface area contributed by atoms with Gasteiger partial charge in [-0.2, -0.15) is 0 Å². The standard InChI is InChI=1S/C27H33N3O4S/c1-4-18-28-27(32)21(2)29(19-17-22-11-6-5-7-12-22)26(31)20-30(35(3,33)34)25-16-10-14-23-13-8-9-15-24(23)25/h5-16,21H,4,17-20H2,1-3H3,(H,28,32). The monoisotopic (exact) mass is 495 g/mol. The number of carbonyl (C=O) groups excluding carboxylic acids is 2. The molecule has 0 spiro atoms. The third kappa shape index (κ3) is 6.82. The normalized spacial score (nSPS) is 12.2. The van der Waals surface area contributed by atoms with Gasteiger partial charge in [0.25, 0.3) is 0 Å². The molecule has 35 heavy (non-hydrogen) atoms. The van der Waals surface area contributed by atoms with Gasteiger partial charge in [-0.3, -0.25) is 13.9 Å². The SMILES string of the molecule is CCCNC(=O)C(C)N(CCc1ccccc1)C(=O)CN(c1cccc2ccccc12)S(C)(=O)=O. The van der Waals surface area contributed by atoms with Gasteiger partial charge in [0.1, 0.15) is 12.6 Å². The minimum Gasteiger partial charge on any atom is -0.354 e. The number of nitrogens with zero attached hydrogens (tertiary/aromatic N) is 2. The first-order valence-corrected chi connectivity index (χ1v) is 13.6. The minimum absolute atomic E-state index is 0.260. The Labute approximate surface area is 207 Å². The van der Waals surface area contributed by atoms with Crippen LogP contribution in [-0.2, 0) is 26.0 Å². The van der Waals surface area contributed by atoms with E-state index in [0.717, 1.165) is 33.3 Å². The van der Waals surface area contributed by atoms with Gasteiger partial charge in [-0.15, -0.1) is 0 Å². The van der Waals surface area contributed by atoms with Gasteiger partial charge in [-0.25, -0.2) is 8.42 Å². The van der Waals surface area contributed by atoms with Gasteiger partial charge >= 0.3 is 0 Å². The number of hydrogen-bond acceptors (Lipinski definition) is 4. The highest BCUT2D eigenvalue weighted by Gasteiger charge is 2.30. The molecule has 0 saturated carbocycles. The Morgan fingerprint density at radius 3 is 2.29 bits per heavy atom. The molecule has 3 rings (SSSR count). The molecule has 0 aliphatic carbocycles. The van der Waals surface area contributed by atoms with Crippen molar-refractivity contribution in [2.75, 3.05) is 30.2 Å². The predicted octanol–water partition coefficient (Wildman–Crippen LogP) is 3.59. The van der Waals surface area contributed by atoms with E-state index >= 15 is 0 Å². The summed E-state index contributed by atoms with van der Waals surface area (Å²) in [6.07, 6.45) is 2.41. The molecule has 0 heterocycles. The summed E-state index contributed by atoms with van der Waals surface area (Å²) in [5, 5.41) is 4.45. The second-order valence-corrected chi connectivity index (χ2v) is 10.5. The Morgan fingerprint density at radius 1 is 0.943 bits per heavy atom. The van der Waals surface area contributed by atoms with Crippen molar-refractivity contribution in [1.29, 1.82) is 0 Å². The second-order valence-electron chi connectivity index (χ2n) is 8.56. The average molecular weight is 496 g/mol. The average Bonchev–Trinajstić information content (AvgIpc) is 2.85. The first kappa shape index (κ1) is 26.2. The van der Waals surface area contributed by atoms with E-state index in [1.807, 2.05) is 67.6 Å². The Bertz CT molecular complexity index is 1260. The van der Waals surface area contributed by atoms with Gasteiger partial charge in [0.15, 0.2) is 0 Å². The lowest BCUT2D eigenvalue weighted by atomic mass is 10.1. The number of hydrogen-bond donors (Lipinski definition) is 1. The lowest BCUT2D eigenvalue weighted by Gasteiger charge is -2.31. The summed E-state index contributed by atoms with van der Waals surface area (Å²) in [6.45, 7) is 4.03. The summed E-state index contributed by atoms with van der Waals surface area (Å²) in [7, 11) is -3.78. The van der Waals surface area contributed by atoms with E-state index in [4.69, 9.17) is 0 Å². The van der Waals surface area contributed by atoms with Crippen LogP contribution in [0.15, 0.2) is 72.8 Å². The summed E-state index contributed by atoms with van der Waals surface area (Å²) in [6, 6.07) is 21.7. The summed E-state index contributed by atoms with van der Waals surface area (Å²) in [5.41, 5.74) is 1.46. The molecular weight excluding hydrogens is 462 g/mol. The zero-order chi connectivity index (χ0) is 25.4. The van der Waals surface area contributed by atoms with Crippen LogP contribution in [0.2, 0.25) is 0 Å². The van der Waals surface area contributed by atoms with E-state index < -0.39 is 28.5 Å². The first-order chi connectivity index (χ1) is 16.7. The van der Waals surface area contributed by atoms with Gasteiger partial charge in [0.05, 0.1) is 11.9 Å². The van der Waals surface area contributed by atoms with Crippen LogP contribution in [0.25, 0.3) is 10.8 Å². The van der Waals surface area contributed by atoms with Gasteiger partial charge in [-0.1, -0.05) is 73.7 Å². The van der Waals surface area contributed by atoms with E-state index in [-0.39, 0.29) is 12.5 Å². The van der Waals surface area contributed by atoms with Crippen molar-refractivity contribution in [3.63, 3.8) is 0 Å². The van der Waals surface area contributed by atoms with E-state index in [2.05, 4.69) is 5.32 Å². The molecule has 0 aliphatic heterocycles. The molecular formula is C27H33N3O4S. The maximum absolute atomic E-state index is 13.6. The Kier molecular flexibility index (Phi) is 8.87. The third-order valence-corrected chi connectivity index (χ3v) is 7.04. The lowest BCUT2D eigenvalue weighted by Crippen LogP contribution is -2.52. The second kappa shape index (κ2) is 11.8. The molecule has 1 N–H and O–H groups in total. The molecule has 186 valence electrons. The molecule has 0 saturated heterocycles. The predicted molar refractivity (Wildman–Crippen MR) is 141 cm³/mol. The van der Waals surface area contributed by atoms with Crippen molar-refractivity contribution in [3.05, 3.63) is 78.4 Å². The number of amides is 2. The summed E-state index contributed by atoms with van der Waals surface area (Å²) < 4.78 is 26.8. The summed E-state index contributed by atoms with van der Waals surface area (Å²) >= 11 is 0. The van der Waals surface area contributed by atoms with Crippen molar-refractivity contribution >= 4 is 38.3 Å². The number of benzene rings is 3. The van der Waals surface area contributed by atoms with Crippen molar-refractivity contribution in [2.24, 2.45) is 0 Å². The molecule has 0 aromatic heterocycles. The van der Waals surface area contributed by atoms with E-state index in [9.17, 15) is 18.0 Å². The number of sulfonamides is 1. The van der Waals surface area contributed by atoms with Crippen LogP contribution in [0.4, 0.5) is 5.69 Å². The maximum Gasteiger partial charge on any atom is 0.244 e. The zero-order valence-corrected chi connectivity index (χ0v) is 21.3. The first-order valence-electron chi connectivity index (χ1n) is 11.8. The van der Waals surface area contributed by atoms with Crippen LogP contribution in [-0.4, -0.2) is 57.1 Å². The summed E-state index contributed by atoms with van der Waals surface area (Å²) in [5.74, 6) is -0.692. The molecule has 1 unspecified atom stereocenters. The fourth-order valence-corrected chi connectivity index (χ4v) is 4.85. The highest BCUT2D eigenvalue weighted by Crippen LogP contribution is 2.28. The number of fused-ring (bicyclic) bond motifs is 1. The molecule has 7 nitrogen and oxygen atoms in total. The molecule has 0 aliphatic rings. The van der Waals surface area contributed by atoms with Crippen molar-refractivity contribution in [2.45, 2.75) is 32.7 Å². The fraction of sp³-hybridized carbons (Fsp3) is 0.333. The fourth-order valence-electron chi connectivity index (χ4n) is 3.99. The lowest BCUT2D eigenvalue weighted by molar-refractivity contribution is -0.138. The van der Waals surface area contributed by atoms with E-state index in [0.29, 0.717) is 18.7 Å². The van der Waals surface area contributed by atoms with Crippen molar-refractivity contribution in [3.8, 4) is 0 Å². The number of anilines is 1. The molecule has 0 radical (unpaired) electrons. The van der Waals surface area contributed by atoms with Crippen LogP contribution < -0.4 is 9.62 Å². The van der Waals surface area contributed by atoms with E-state index in [1.165, 1.54) is 4.90 Å². The molecule has 1 atom stereocenters. The quantitative estimate of drug-likeness (QED) is 0.440. The topological polar surface area (TPSA) is 86.8 Å². The number of rotatable bonds is 11. The highest BCUT2D eigenvalue weighted by atomic mass is 32.2. The molecule has 0 fully saturated rings. The molecule has 3 aromatic rings. The Hall–Kier alpha value is -3.39. The summed E-state index contributed by atoms with van der Waals surface area (Å²) in [4.78, 5) is 27.8. The molecule has 3 aromatic carbocycles. The largest absolute Gasteiger partial charge is 0.354 e. The van der Waals surface area contributed by atoms with Crippen LogP contribution in [0.5, 0.6) is 0 Å². The number of carbonyl (C=O) groups is 2. The van der Waals surface area contributed by atoms with Crippen molar-refractivity contribution in [1.82, 2.24) is 10.2 Å². The Morgan fingerprint density at radius 2 is 1.60 bits per heavy atom. The molecule has 0 bridgehead atoms. The number of nitrogens with one attached hydrogen (secondary N) is 1. The van der Waals surface area contributed by atoms with Crippen LogP contribution >= 0.6 is 0 Å². The highest BCUT2D eigenvalue weighted by molar-refractivity contribution is 7.92. The van der Waals surface area contributed by atoms with Crippen LogP contribution in [0.1, 0.15) is 25.8 Å². The smallest absolute Gasteiger partial charge is 0.244 e. The van der Waals surface area contributed by atoms with Crippen molar-refractivity contribution < 1.29 is 18.0 Å². The van der Waals surface area contributed by atoms with Crippen LogP contribution in [0.3, 0.4) is 0 Å². The van der Waals surface area contributed by atoms with Gasteiger partial charge < -0.3 is 10.2 Å². The third-order valence-electron chi connectivity index (χ3n) is 5.92. The molecule has 2 amide bonds. The minimum atomic E-state index is -3.78. The van der Waals surface area contributed by atoms with Gasteiger partial charge in [-0.05, 0) is 36.8 Å².